The normalized spacial score (nSPS) is 10.6. The minimum absolute atomic E-state index is 0.0654. The zero-order chi connectivity index (χ0) is 12.6. The van der Waals surface area contributed by atoms with Crippen molar-refractivity contribution in [2.45, 2.75) is 0 Å². The molecule has 0 spiro atoms. The monoisotopic (exact) mass is 255 g/mol. The average molecular weight is 256 g/mol. The van der Waals surface area contributed by atoms with Gasteiger partial charge in [-0.05, 0) is 12.1 Å². The van der Waals surface area contributed by atoms with Gasteiger partial charge in [-0.1, -0.05) is 11.6 Å². The zero-order valence-corrected chi connectivity index (χ0v) is 10.1. The van der Waals surface area contributed by atoms with Crippen molar-refractivity contribution in [1.82, 2.24) is 9.78 Å². The highest BCUT2D eigenvalue weighted by Crippen LogP contribution is 2.38. The summed E-state index contributed by atoms with van der Waals surface area (Å²) in [7, 11) is 3.07. The smallest absolute Gasteiger partial charge is 0.165 e. The Bertz CT molecular complexity index is 549. The molecule has 0 fully saturated rings. The number of nitrogens with two attached hydrogens (primary N) is 1. The van der Waals surface area contributed by atoms with Crippen LogP contribution < -0.4 is 10.5 Å². The largest absolute Gasteiger partial charge is 0.493 e. The number of hydrogen-bond acceptors (Lipinski definition) is 3. The first-order valence-corrected chi connectivity index (χ1v) is 5.24. The molecule has 0 radical (unpaired) electrons. The summed E-state index contributed by atoms with van der Waals surface area (Å²) in [6, 6.07) is 4.32. The van der Waals surface area contributed by atoms with E-state index in [1.165, 1.54) is 23.9 Å². The van der Waals surface area contributed by atoms with Gasteiger partial charge in [0.1, 0.15) is 5.82 Å². The Kier molecular flexibility index (Phi) is 2.93. The van der Waals surface area contributed by atoms with Crippen molar-refractivity contribution in [2.75, 3.05) is 12.8 Å². The van der Waals surface area contributed by atoms with Gasteiger partial charge in [0.25, 0.3) is 0 Å². The van der Waals surface area contributed by atoms with Gasteiger partial charge in [-0.15, -0.1) is 0 Å². The Morgan fingerprint density at radius 2 is 2.18 bits per heavy atom. The zero-order valence-electron chi connectivity index (χ0n) is 9.37. The summed E-state index contributed by atoms with van der Waals surface area (Å²) in [4.78, 5) is 0. The molecule has 0 aliphatic carbocycles. The van der Waals surface area contributed by atoms with Crippen molar-refractivity contribution in [3.63, 3.8) is 0 Å². The summed E-state index contributed by atoms with van der Waals surface area (Å²) in [6.45, 7) is 0. The molecule has 0 saturated heterocycles. The molecule has 0 unspecified atom stereocenters. The lowest BCUT2D eigenvalue weighted by molar-refractivity contribution is 0.388. The second kappa shape index (κ2) is 4.25. The molecule has 2 rings (SSSR count). The maximum atomic E-state index is 13.6. The van der Waals surface area contributed by atoms with Crippen LogP contribution in [-0.2, 0) is 7.05 Å². The number of hydrogen-bond donors (Lipinski definition) is 1. The summed E-state index contributed by atoms with van der Waals surface area (Å²) in [5.74, 6) is 0.0362. The number of rotatable bonds is 2. The topological polar surface area (TPSA) is 53.1 Å². The van der Waals surface area contributed by atoms with Crippen LogP contribution in [-0.4, -0.2) is 16.9 Å². The van der Waals surface area contributed by atoms with Crippen LogP contribution in [0, 0.1) is 5.82 Å². The first-order valence-electron chi connectivity index (χ1n) is 4.86. The minimum Gasteiger partial charge on any atom is -0.493 e. The molecule has 1 aromatic carbocycles. The lowest BCUT2D eigenvalue weighted by Gasteiger charge is -2.08. The second-order valence-electron chi connectivity index (χ2n) is 3.52. The predicted molar refractivity (Wildman–Crippen MR) is 64.6 cm³/mol. The van der Waals surface area contributed by atoms with E-state index in [4.69, 9.17) is 22.1 Å². The van der Waals surface area contributed by atoms with Crippen LogP contribution in [0.1, 0.15) is 0 Å². The van der Waals surface area contributed by atoms with Crippen LogP contribution in [0.3, 0.4) is 0 Å². The van der Waals surface area contributed by atoms with Crippen LogP contribution in [0.4, 0.5) is 10.2 Å². The van der Waals surface area contributed by atoms with Gasteiger partial charge in [-0.25, -0.2) is 4.39 Å². The van der Waals surface area contributed by atoms with Crippen LogP contribution in [0.25, 0.3) is 11.3 Å². The van der Waals surface area contributed by atoms with Gasteiger partial charge >= 0.3 is 0 Å². The number of nitrogens with zero attached hydrogens (tertiary/aromatic N) is 2. The van der Waals surface area contributed by atoms with Crippen molar-refractivity contribution < 1.29 is 9.13 Å². The molecule has 0 aliphatic heterocycles. The van der Waals surface area contributed by atoms with Crippen molar-refractivity contribution >= 4 is 17.4 Å². The van der Waals surface area contributed by atoms with Gasteiger partial charge in [0, 0.05) is 13.1 Å². The molecule has 1 heterocycles. The third kappa shape index (κ3) is 1.93. The quantitative estimate of drug-likeness (QED) is 0.897. The lowest BCUT2D eigenvalue weighted by Crippen LogP contribution is -1.97. The van der Waals surface area contributed by atoms with Crippen LogP contribution >= 0.6 is 11.6 Å². The number of benzene rings is 1. The standard InChI is InChI=1S/C11H11ClFN3O/c1-16-9(14)5-8(15-16)10-6(12)3-4-7(13)11(10)17-2/h3-5H,14H2,1-2H3. The number of aromatic nitrogens is 2. The maximum absolute atomic E-state index is 13.6. The number of ether oxygens (including phenoxy) is 1. The maximum Gasteiger partial charge on any atom is 0.165 e. The molecule has 0 saturated carbocycles. The van der Waals surface area contributed by atoms with E-state index in [-0.39, 0.29) is 5.75 Å². The lowest BCUT2D eigenvalue weighted by atomic mass is 10.1. The summed E-state index contributed by atoms with van der Waals surface area (Å²) >= 11 is 6.04. The Morgan fingerprint density at radius 3 is 2.71 bits per heavy atom. The van der Waals surface area contributed by atoms with Gasteiger partial charge in [0.05, 0.1) is 23.4 Å². The van der Waals surface area contributed by atoms with Gasteiger partial charge in [0.2, 0.25) is 0 Å². The molecule has 0 atom stereocenters. The van der Waals surface area contributed by atoms with E-state index in [1.54, 1.807) is 13.1 Å². The predicted octanol–water partition coefficient (Wildman–Crippen LogP) is 2.47. The van der Waals surface area contributed by atoms with Crippen molar-refractivity contribution in [3.05, 3.63) is 29.0 Å². The number of halogens is 2. The molecule has 0 bridgehead atoms. The molecule has 6 heteroatoms. The van der Waals surface area contributed by atoms with Crippen molar-refractivity contribution in [1.29, 1.82) is 0 Å². The highest BCUT2D eigenvalue weighted by atomic mass is 35.5. The Balaban J connectivity index is 2.69. The Hall–Kier alpha value is -1.75. The number of methoxy groups -OCH3 is 1. The fourth-order valence-corrected chi connectivity index (χ4v) is 1.82. The minimum atomic E-state index is -0.490. The fourth-order valence-electron chi connectivity index (χ4n) is 1.58. The van der Waals surface area contributed by atoms with Gasteiger partial charge < -0.3 is 10.5 Å². The molecule has 1 aromatic heterocycles. The van der Waals surface area contributed by atoms with Gasteiger partial charge in [-0.3, -0.25) is 4.68 Å². The van der Waals surface area contributed by atoms with Gasteiger partial charge in [0.15, 0.2) is 11.6 Å². The summed E-state index contributed by atoms with van der Waals surface area (Å²) in [5, 5.41) is 4.51. The number of aryl methyl sites for hydroxylation is 1. The summed E-state index contributed by atoms with van der Waals surface area (Å²) < 4.78 is 20.1. The summed E-state index contributed by atoms with van der Waals surface area (Å²) in [5.41, 5.74) is 6.56. The van der Waals surface area contributed by atoms with Gasteiger partial charge in [-0.2, -0.15) is 5.10 Å². The molecule has 0 aliphatic rings. The van der Waals surface area contributed by atoms with E-state index in [2.05, 4.69) is 5.10 Å². The SMILES string of the molecule is COc1c(F)ccc(Cl)c1-c1cc(N)n(C)n1. The molecule has 90 valence electrons. The number of nitrogen functional groups attached to an aromatic ring is 1. The highest BCUT2D eigenvalue weighted by molar-refractivity contribution is 6.33. The van der Waals surface area contributed by atoms with E-state index < -0.39 is 5.82 Å². The van der Waals surface area contributed by atoms with Crippen LogP contribution in [0.5, 0.6) is 5.75 Å². The highest BCUT2D eigenvalue weighted by Gasteiger charge is 2.18. The fraction of sp³-hybridized carbons (Fsp3) is 0.182. The molecule has 4 nitrogen and oxygen atoms in total. The first kappa shape index (κ1) is 11.7. The van der Waals surface area contributed by atoms with Crippen LogP contribution in [0.15, 0.2) is 18.2 Å². The van der Waals surface area contributed by atoms with E-state index in [1.807, 2.05) is 0 Å². The Morgan fingerprint density at radius 1 is 1.47 bits per heavy atom. The molecule has 17 heavy (non-hydrogen) atoms. The molecular formula is C11H11ClFN3O. The second-order valence-corrected chi connectivity index (χ2v) is 3.92. The molecule has 0 amide bonds. The third-order valence-electron chi connectivity index (χ3n) is 2.44. The third-order valence-corrected chi connectivity index (χ3v) is 2.75. The molecular weight excluding hydrogens is 245 g/mol. The van der Waals surface area contributed by atoms with E-state index in [0.29, 0.717) is 22.1 Å². The Labute approximate surface area is 103 Å². The number of anilines is 1. The average Bonchev–Trinajstić information content (AvgIpc) is 2.61. The van der Waals surface area contributed by atoms with E-state index >= 15 is 0 Å². The molecule has 2 N–H and O–H groups in total. The van der Waals surface area contributed by atoms with Crippen molar-refractivity contribution in [2.24, 2.45) is 7.05 Å². The van der Waals surface area contributed by atoms with Crippen LogP contribution in [0.2, 0.25) is 5.02 Å². The first-order chi connectivity index (χ1) is 8.04. The van der Waals surface area contributed by atoms with Crippen molar-refractivity contribution in [3.8, 4) is 17.0 Å². The summed E-state index contributed by atoms with van der Waals surface area (Å²) in [6.07, 6.45) is 0. The van der Waals surface area contributed by atoms with E-state index in [9.17, 15) is 4.39 Å². The van der Waals surface area contributed by atoms with E-state index in [0.717, 1.165) is 0 Å². The molecule has 2 aromatic rings.